The van der Waals surface area contributed by atoms with Crippen molar-refractivity contribution in [3.8, 4) is 11.1 Å². The van der Waals surface area contributed by atoms with Crippen LogP contribution >= 0.6 is 10.0 Å². The van der Waals surface area contributed by atoms with Gasteiger partial charge in [0.05, 0.1) is 0 Å². The van der Waals surface area contributed by atoms with Crippen molar-refractivity contribution in [2.75, 3.05) is 12.5 Å². The summed E-state index contributed by atoms with van der Waals surface area (Å²) in [5, 5.41) is 22.0. The summed E-state index contributed by atoms with van der Waals surface area (Å²) in [6, 6.07) is 10.2. The van der Waals surface area contributed by atoms with Gasteiger partial charge in [0.25, 0.3) is 0 Å². The van der Waals surface area contributed by atoms with E-state index in [0.29, 0.717) is 0 Å². The lowest BCUT2D eigenvalue weighted by atomic mass is 10.0. The molecule has 0 saturated carbocycles. The van der Waals surface area contributed by atoms with Crippen molar-refractivity contribution in [2.24, 2.45) is 0 Å². The van der Waals surface area contributed by atoms with Gasteiger partial charge in [-0.3, -0.25) is 0 Å². The lowest BCUT2D eigenvalue weighted by molar-refractivity contribution is -0.380. The minimum absolute atomic E-state index is 0.0419. The summed E-state index contributed by atoms with van der Waals surface area (Å²) in [6.45, 7) is 18.6. The molecule has 0 aromatic rings. The molecule has 5 heteroatoms. The molecule has 1 atom stereocenters. The molecule has 30 heavy (non-hydrogen) atoms. The summed E-state index contributed by atoms with van der Waals surface area (Å²) >= 11 is 0. The highest BCUT2D eigenvalue weighted by atomic mass is 32.3. The third-order valence-corrected chi connectivity index (χ3v) is 10.4. The standard InChI is InChI=1S/C23H37NO3S.C2H6/c1-10-16-17-14-12-11-13-15-18(17)19(20(16)28(8,9)23(5,6)7)21(27-26)24(25)22(2,3)4;1-2/h11-15,21,25-26H,10H2,1-9H3;1-2H3. The van der Waals surface area contributed by atoms with E-state index in [0.717, 1.165) is 28.2 Å². The maximum atomic E-state index is 11.0. The molecule has 0 fully saturated rings. The predicted molar refractivity (Wildman–Crippen MR) is 131 cm³/mol. The Hall–Kier alpha value is -1.11. The molecule has 1 unspecified atom stereocenters. The number of fused-ring (bicyclic) bond motifs is 1. The zero-order chi connectivity index (χ0) is 23.5. The molecular weight excluding hydrogens is 394 g/mol. The van der Waals surface area contributed by atoms with Crippen LogP contribution < -0.4 is 0 Å². The number of hydroxylamine groups is 2. The minimum atomic E-state index is -1.30. The Morgan fingerprint density at radius 1 is 0.967 bits per heavy atom. The van der Waals surface area contributed by atoms with Crippen molar-refractivity contribution in [3.63, 3.8) is 0 Å². The number of hydrogen-bond acceptors (Lipinski definition) is 4. The Labute approximate surface area is 185 Å². The van der Waals surface area contributed by atoms with E-state index < -0.39 is 21.8 Å². The third kappa shape index (κ3) is 5.03. The van der Waals surface area contributed by atoms with Crippen molar-refractivity contribution in [1.29, 1.82) is 0 Å². The van der Waals surface area contributed by atoms with Gasteiger partial charge in [-0.25, -0.2) is 20.2 Å². The molecule has 0 heterocycles. The van der Waals surface area contributed by atoms with E-state index in [4.69, 9.17) is 4.89 Å². The van der Waals surface area contributed by atoms with Crippen molar-refractivity contribution in [2.45, 2.75) is 90.1 Å². The Bertz CT molecular complexity index is 790. The lowest BCUT2D eigenvalue weighted by Crippen LogP contribution is -2.42. The highest BCUT2D eigenvalue weighted by molar-refractivity contribution is 8.33. The number of hydrogen-bond donors (Lipinski definition) is 2. The highest BCUT2D eigenvalue weighted by Crippen LogP contribution is 2.65. The lowest BCUT2D eigenvalue weighted by Gasteiger charge is -2.47. The second-order valence-electron chi connectivity index (χ2n) is 9.73. The fourth-order valence-corrected chi connectivity index (χ4v) is 5.75. The summed E-state index contributed by atoms with van der Waals surface area (Å²) in [7, 11) is -1.30. The molecule has 0 radical (unpaired) electrons. The minimum Gasteiger partial charge on any atom is -0.311 e. The van der Waals surface area contributed by atoms with Gasteiger partial charge in [0.2, 0.25) is 0 Å². The van der Waals surface area contributed by atoms with Crippen LogP contribution in [0.2, 0.25) is 0 Å². The molecule has 2 rings (SSSR count). The van der Waals surface area contributed by atoms with Crippen molar-refractivity contribution < 1.29 is 15.4 Å². The van der Waals surface area contributed by atoms with Crippen LogP contribution in [0.15, 0.2) is 35.2 Å². The van der Waals surface area contributed by atoms with E-state index in [9.17, 15) is 10.5 Å². The van der Waals surface area contributed by atoms with E-state index in [1.807, 2.05) is 52.8 Å². The van der Waals surface area contributed by atoms with Crippen molar-refractivity contribution >= 4 is 10.0 Å². The largest absolute Gasteiger partial charge is 0.311 e. The second-order valence-corrected chi connectivity index (χ2v) is 14.0. The summed E-state index contributed by atoms with van der Waals surface area (Å²) in [6.07, 6.45) is 4.55. The molecule has 0 saturated heterocycles. The normalized spacial score (nSPS) is 14.5. The van der Waals surface area contributed by atoms with Gasteiger partial charge in [0.15, 0.2) is 6.23 Å². The van der Waals surface area contributed by atoms with Gasteiger partial charge in [-0.15, -0.1) is 0 Å². The van der Waals surface area contributed by atoms with E-state index in [1.165, 1.54) is 10.5 Å². The number of nitrogens with zero attached hydrogens (tertiary/aromatic N) is 1. The van der Waals surface area contributed by atoms with Crippen molar-refractivity contribution in [1.82, 2.24) is 5.06 Å². The summed E-state index contributed by atoms with van der Waals surface area (Å²) < 4.78 is 0.0419. The molecule has 0 aromatic heterocycles. The first-order valence-electron chi connectivity index (χ1n) is 10.8. The molecule has 0 spiro atoms. The molecular formula is C25H43NO3S. The topological polar surface area (TPSA) is 52.9 Å². The van der Waals surface area contributed by atoms with Crippen LogP contribution in [0.1, 0.15) is 79.7 Å². The first-order valence-corrected chi connectivity index (χ1v) is 13.3. The van der Waals surface area contributed by atoms with Gasteiger partial charge in [-0.05, 0) is 61.1 Å². The fraction of sp³-hybridized carbons (Fsp3) is 0.600. The van der Waals surface area contributed by atoms with Crippen LogP contribution in [0, 0.1) is 0 Å². The Kier molecular flexibility index (Phi) is 8.98. The molecule has 0 bridgehead atoms. The Balaban J connectivity index is 0.00000218. The average molecular weight is 438 g/mol. The van der Waals surface area contributed by atoms with Crippen LogP contribution in [0.3, 0.4) is 0 Å². The monoisotopic (exact) mass is 437 g/mol. The van der Waals surface area contributed by atoms with Gasteiger partial charge in [-0.2, -0.15) is 5.06 Å². The second kappa shape index (κ2) is 10.0. The van der Waals surface area contributed by atoms with Crippen LogP contribution in [0.25, 0.3) is 11.1 Å². The maximum absolute atomic E-state index is 11.0. The highest BCUT2D eigenvalue weighted by Gasteiger charge is 2.42. The third-order valence-electron chi connectivity index (χ3n) is 5.82. The SMILES string of the molecule is CC.CCc1c2cccccc-2c(C(OO)N(O)C(C)(C)C)c1S(C)(C)C(C)(C)C. The molecule has 0 aromatic carbocycles. The maximum Gasteiger partial charge on any atom is 0.195 e. The Morgan fingerprint density at radius 3 is 1.87 bits per heavy atom. The van der Waals surface area contributed by atoms with Gasteiger partial charge in [-0.1, -0.05) is 71.9 Å². The summed E-state index contributed by atoms with van der Waals surface area (Å²) in [5.74, 6) is 0. The van der Waals surface area contributed by atoms with Gasteiger partial charge in [0, 0.05) is 16.0 Å². The quantitative estimate of drug-likeness (QED) is 0.287. The fourth-order valence-electron chi connectivity index (χ4n) is 3.51. The van der Waals surface area contributed by atoms with Crippen molar-refractivity contribution in [3.05, 3.63) is 41.5 Å². The van der Waals surface area contributed by atoms with Crippen LogP contribution in [0.5, 0.6) is 0 Å². The molecule has 172 valence electrons. The molecule has 4 nitrogen and oxygen atoms in total. The predicted octanol–water partition coefficient (Wildman–Crippen LogP) is 7.58. The summed E-state index contributed by atoms with van der Waals surface area (Å²) in [5.41, 5.74) is 3.73. The van der Waals surface area contributed by atoms with Crippen LogP contribution in [0.4, 0.5) is 0 Å². The Morgan fingerprint density at radius 2 is 1.47 bits per heavy atom. The van der Waals surface area contributed by atoms with E-state index in [-0.39, 0.29) is 4.75 Å². The molecule has 2 aliphatic rings. The first kappa shape index (κ1) is 26.9. The van der Waals surface area contributed by atoms with Gasteiger partial charge >= 0.3 is 0 Å². The smallest absolute Gasteiger partial charge is 0.195 e. The van der Waals surface area contributed by atoms with E-state index >= 15 is 0 Å². The zero-order valence-corrected chi connectivity index (χ0v) is 21.6. The van der Waals surface area contributed by atoms with Gasteiger partial charge in [0.1, 0.15) is 0 Å². The van der Waals surface area contributed by atoms with Crippen LogP contribution in [-0.2, 0) is 11.3 Å². The zero-order valence-electron chi connectivity index (χ0n) is 20.8. The number of rotatable bonds is 5. The van der Waals surface area contributed by atoms with Gasteiger partial charge < -0.3 is 5.21 Å². The van der Waals surface area contributed by atoms with E-state index in [1.54, 1.807) is 0 Å². The molecule has 2 aliphatic carbocycles. The first-order chi connectivity index (χ1) is 13.8. The van der Waals surface area contributed by atoms with E-state index in [2.05, 4.69) is 52.3 Å². The molecule has 0 aliphatic heterocycles. The van der Waals surface area contributed by atoms with Crippen LogP contribution in [-0.4, -0.2) is 38.3 Å². The summed E-state index contributed by atoms with van der Waals surface area (Å²) in [4.78, 5) is 6.19. The molecule has 2 N–H and O–H groups in total. The average Bonchev–Trinajstić information content (AvgIpc) is 2.79. The molecule has 0 amide bonds.